The fraction of sp³-hybridized carbons (Fsp3) is 0.462. The molecule has 0 aliphatic carbocycles. The second-order valence-electron chi connectivity index (χ2n) is 5.28. The van der Waals surface area contributed by atoms with Crippen molar-refractivity contribution in [3.8, 4) is 0 Å². The lowest BCUT2D eigenvalue weighted by Crippen LogP contribution is -2.35. The summed E-state index contributed by atoms with van der Waals surface area (Å²) in [6.45, 7) is 6.41. The minimum atomic E-state index is -4.44. The van der Waals surface area contributed by atoms with Crippen LogP contribution < -0.4 is 10.9 Å². The molecule has 1 aromatic carbocycles. The number of alkyl halides is 3. The molecule has 0 fully saturated rings. The molecule has 4 nitrogen and oxygen atoms in total. The van der Waals surface area contributed by atoms with Gasteiger partial charge in [-0.25, -0.2) is 10.2 Å². The van der Waals surface area contributed by atoms with Gasteiger partial charge in [0.1, 0.15) is 5.60 Å². The van der Waals surface area contributed by atoms with Crippen molar-refractivity contribution in [1.29, 1.82) is 0 Å². The number of halogens is 3. The third kappa shape index (κ3) is 4.99. The van der Waals surface area contributed by atoms with Crippen molar-refractivity contribution >= 4 is 11.8 Å². The first-order valence-electron chi connectivity index (χ1n) is 5.92. The minimum Gasteiger partial charge on any atom is -0.443 e. The van der Waals surface area contributed by atoms with Gasteiger partial charge >= 0.3 is 12.3 Å². The van der Waals surface area contributed by atoms with Gasteiger partial charge in [-0.1, -0.05) is 6.07 Å². The molecule has 0 heterocycles. The summed E-state index contributed by atoms with van der Waals surface area (Å²) >= 11 is 0. The van der Waals surface area contributed by atoms with Crippen LogP contribution in [0.25, 0.3) is 0 Å². The lowest BCUT2D eigenvalue weighted by molar-refractivity contribution is -0.138. The Bertz CT molecular complexity index is 493. The van der Waals surface area contributed by atoms with Gasteiger partial charge in [0.05, 0.1) is 11.3 Å². The van der Waals surface area contributed by atoms with E-state index in [1.165, 1.54) is 19.1 Å². The number of rotatable bonds is 2. The standard InChI is InChI=1S/C13H17F3N2O2/c1-8-5-6-9(7-10(8)13(14,15)16)17-18-11(19)20-12(2,3)4/h5-7,17H,1-4H3,(H,18,19). The zero-order valence-electron chi connectivity index (χ0n) is 11.7. The summed E-state index contributed by atoms with van der Waals surface area (Å²) in [5.74, 6) is 0. The van der Waals surface area contributed by atoms with Crippen LogP contribution in [0.2, 0.25) is 0 Å². The molecule has 0 aliphatic rings. The topological polar surface area (TPSA) is 50.4 Å². The number of carbonyl (C=O) groups excluding carboxylic acids is 1. The van der Waals surface area contributed by atoms with Crippen molar-refractivity contribution < 1.29 is 22.7 Å². The minimum absolute atomic E-state index is 0.111. The molecule has 2 N–H and O–H groups in total. The number of anilines is 1. The largest absolute Gasteiger partial charge is 0.443 e. The van der Waals surface area contributed by atoms with E-state index in [9.17, 15) is 18.0 Å². The first-order chi connectivity index (χ1) is 8.99. The van der Waals surface area contributed by atoms with E-state index in [-0.39, 0.29) is 11.3 Å². The zero-order valence-corrected chi connectivity index (χ0v) is 11.7. The summed E-state index contributed by atoms with van der Waals surface area (Å²) in [6, 6.07) is 3.68. The van der Waals surface area contributed by atoms with Crippen molar-refractivity contribution in [2.45, 2.75) is 39.5 Å². The molecule has 0 bridgehead atoms. The lowest BCUT2D eigenvalue weighted by atomic mass is 10.1. The second kappa shape index (κ2) is 5.60. The van der Waals surface area contributed by atoms with Crippen LogP contribution in [0.1, 0.15) is 31.9 Å². The van der Waals surface area contributed by atoms with Crippen LogP contribution in [-0.4, -0.2) is 11.7 Å². The van der Waals surface area contributed by atoms with Crippen LogP contribution in [0.15, 0.2) is 18.2 Å². The molecule has 0 unspecified atom stereocenters. The number of amides is 1. The highest BCUT2D eigenvalue weighted by atomic mass is 19.4. The molecule has 0 aromatic heterocycles. The molecule has 7 heteroatoms. The van der Waals surface area contributed by atoms with Crippen LogP contribution in [0, 0.1) is 6.92 Å². The number of hydrogen-bond acceptors (Lipinski definition) is 3. The van der Waals surface area contributed by atoms with E-state index in [1.807, 2.05) is 0 Å². The maximum atomic E-state index is 12.7. The predicted octanol–water partition coefficient (Wildman–Crippen LogP) is 3.87. The third-order valence-electron chi connectivity index (χ3n) is 2.25. The highest BCUT2D eigenvalue weighted by Gasteiger charge is 2.32. The van der Waals surface area contributed by atoms with E-state index in [0.717, 1.165) is 6.07 Å². The lowest BCUT2D eigenvalue weighted by Gasteiger charge is -2.20. The number of hydrogen-bond donors (Lipinski definition) is 2. The monoisotopic (exact) mass is 290 g/mol. The first-order valence-corrected chi connectivity index (χ1v) is 5.92. The Morgan fingerprint density at radius 2 is 1.80 bits per heavy atom. The summed E-state index contributed by atoms with van der Waals surface area (Å²) in [4.78, 5) is 11.4. The van der Waals surface area contributed by atoms with Crippen molar-refractivity contribution in [1.82, 2.24) is 5.43 Å². The van der Waals surface area contributed by atoms with Crippen molar-refractivity contribution in [3.63, 3.8) is 0 Å². The molecule has 112 valence electrons. The zero-order chi connectivity index (χ0) is 15.6. The van der Waals surface area contributed by atoms with Crippen molar-refractivity contribution in [2.24, 2.45) is 0 Å². The van der Waals surface area contributed by atoms with Crippen LogP contribution in [0.4, 0.5) is 23.7 Å². The Morgan fingerprint density at radius 1 is 1.20 bits per heavy atom. The molecular formula is C13H17F3N2O2. The van der Waals surface area contributed by atoms with Gasteiger partial charge in [0, 0.05) is 0 Å². The van der Waals surface area contributed by atoms with Gasteiger partial charge in [-0.05, 0) is 45.4 Å². The molecule has 20 heavy (non-hydrogen) atoms. The fourth-order valence-electron chi connectivity index (χ4n) is 1.43. The molecular weight excluding hydrogens is 273 g/mol. The molecule has 1 aromatic rings. The highest BCUT2D eigenvalue weighted by Crippen LogP contribution is 2.33. The van der Waals surface area contributed by atoms with Crippen LogP contribution in [0.3, 0.4) is 0 Å². The van der Waals surface area contributed by atoms with E-state index in [0.29, 0.717) is 0 Å². The van der Waals surface area contributed by atoms with E-state index in [2.05, 4.69) is 10.9 Å². The summed E-state index contributed by atoms with van der Waals surface area (Å²) in [5.41, 5.74) is 3.35. The van der Waals surface area contributed by atoms with E-state index >= 15 is 0 Å². The summed E-state index contributed by atoms with van der Waals surface area (Å²) in [6.07, 6.45) is -5.21. The molecule has 1 amide bonds. The van der Waals surface area contributed by atoms with E-state index < -0.39 is 23.4 Å². The van der Waals surface area contributed by atoms with Gasteiger partial charge in [-0.2, -0.15) is 13.2 Å². The van der Waals surface area contributed by atoms with E-state index in [1.54, 1.807) is 20.8 Å². The van der Waals surface area contributed by atoms with Crippen molar-refractivity contribution in [2.75, 3.05) is 5.43 Å². The molecule has 0 radical (unpaired) electrons. The number of carbonyl (C=O) groups is 1. The van der Waals surface area contributed by atoms with Crippen LogP contribution >= 0.6 is 0 Å². The van der Waals surface area contributed by atoms with Gasteiger partial charge in [0.25, 0.3) is 0 Å². The maximum absolute atomic E-state index is 12.7. The van der Waals surface area contributed by atoms with Gasteiger partial charge < -0.3 is 4.74 Å². The Labute approximate surface area is 115 Å². The Balaban J connectivity index is 2.73. The number of aryl methyl sites for hydroxylation is 1. The molecule has 0 spiro atoms. The average molecular weight is 290 g/mol. The molecule has 0 aliphatic heterocycles. The van der Waals surface area contributed by atoms with Crippen LogP contribution in [0.5, 0.6) is 0 Å². The highest BCUT2D eigenvalue weighted by molar-refractivity contribution is 5.70. The van der Waals surface area contributed by atoms with Gasteiger partial charge in [-0.15, -0.1) is 0 Å². The molecule has 0 saturated carbocycles. The summed E-state index contributed by atoms with van der Waals surface area (Å²) in [5, 5.41) is 0. The smallest absolute Gasteiger partial charge is 0.426 e. The quantitative estimate of drug-likeness (QED) is 0.813. The molecule has 0 atom stereocenters. The molecule has 0 saturated heterocycles. The molecule has 1 rings (SSSR count). The average Bonchev–Trinajstić information content (AvgIpc) is 2.24. The number of benzene rings is 1. The van der Waals surface area contributed by atoms with Gasteiger partial charge in [0.2, 0.25) is 0 Å². The number of ether oxygens (including phenoxy) is 1. The number of hydrazine groups is 1. The summed E-state index contributed by atoms with van der Waals surface area (Å²) < 4.78 is 43.1. The van der Waals surface area contributed by atoms with E-state index in [4.69, 9.17) is 4.74 Å². The number of nitrogens with one attached hydrogen (secondary N) is 2. The Hall–Kier alpha value is -1.92. The summed E-state index contributed by atoms with van der Waals surface area (Å²) in [7, 11) is 0. The predicted molar refractivity (Wildman–Crippen MR) is 69.2 cm³/mol. The third-order valence-corrected chi connectivity index (χ3v) is 2.25. The maximum Gasteiger partial charge on any atom is 0.426 e. The second-order valence-corrected chi connectivity index (χ2v) is 5.28. The fourth-order valence-corrected chi connectivity index (χ4v) is 1.43. The van der Waals surface area contributed by atoms with Crippen molar-refractivity contribution in [3.05, 3.63) is 29.3 Å². The Morgan fingerprint density at radius 3 is 2.30 bits per heavy atom. The Kier molecular flexibility index (Phi) is 4.52. The van der Waals surface area contributed by atoms with Gasteiger partial charge in [-0.3, -0.25) is 5.43 Å². The van der Waals surface area contributed by atoms with Gasteiger partial charge in [0.15, 0.2) is 0 Å². The SMILES string of the molecule is Cc1ccc(NNC(=O)OC(C)(C)C)cc1C(F)(F)F. The first kappa shape index (κ1) is 16.1. The van der Waals surface area contributed by atoms with Crippen LogP contribution in [-0.2, 0) is 10.9 Å². The normalized spacial score (nSPS) is 11.9.